The van der Waals surface area contributed by atoms with Crippen molar-refractivity contribution in [2.24, 2.45) is 0 Å². The number of amides is 1. The van der Waals surface area contributed by atoms with Gasteiger partial charge < -0.3 is 24.0 Å². The van der Waals surface area contributed by atoms with E-state index in [1.54, 1.807) is 7.11 Å². The summed E-state index contributed by atoms with van der Waals surface area (Å²) in [6.45, 7) is 7.22. The number of hydrogen-bond donors (Lipinski definition) is 0. The number of anilines is 1. The fourth-order valence-electron chi connectivity index (χ4n) is 4.92. The Labute approximate surface area is 211 Å². The van der Waals surface area contributed by atoms with Crippen molar-refractivity contribution in [2.45, 2.75) is 45.4 Å². The fraction of sp³-hybridized carbons (Fsp3) is 0.519. The second kappa shape index (κ2) is 11.3. The standard InChI is InChI=1S/C27H35N5O4/c1-20-7-9-32(29-20)10-8-26(33)31(19-24-4-3-13-36-24)18-22-16-21-5-6-23(34-2)17-25(21)28-27(22)30-11-14-35-15-12-30/h5-7,9,16-17,24H,3-4,8,10-15,18-19H2,1-2H3/t24-/m0/s1. The van der Waals surface area contributed by atoms with Crippen LogP contribution in [-0.4, -0.2) is 78.2 Å². The topological polar surface area (TPSA) is 82.0 Å². The molecule has 0 bridgehead atoms. The number of aryl methyl sites for hydroxylation is 2. The van der Waals surface area contributed by atoms with E-state index < -0.39 is 0 Å². The molecule has 2 aromatic heterocycles. The fourth-order valence-corrected chi connectivity index (χ4v) is 4.92. The van der Waals surface area contributed by atoms with Crippen molar-refractivity contribution in [3.8, 4) is 5.75 Å². The van der Waals surface area contributed by atoms with E-state index in [2.05, 4.69) is 16.1 Å². The van der Waals surface area contributed by atoms with Crippen LogP contribution in [0.2, 0.25) is 0 Å². The predicted molar refractivity (Wildman–Crippen MR) is 137 cm³/mol. The van der Waals surface area contributed by atoms with Crippen LogP contribution in [0.15, 0.2) is 36.5 Å². The highest BCUT2D eigenvalue weighted by Gasteiger charge is 2.25. The number of rotatable bonds is 9. The first-order valence-corrected chi connectivity index (χ1v) is 12.8. The molecule has 0 spiro atoms. The first-order chi connectivity index (χ1) is 17.6. The van der Waals surface area contributed by atoms with Crippen molar-refractivity contribution in [3.05, 3.63) is 47.8 Å². The first-order valence-electron chi connectivity index (χ1n) is 12.8. The number of pyridine rings is 1. The average molecular weight is 494 g/mol. The number of ether oxygens (including phenoxy) is 3. The predicted octanol–water partition coefficient (Wildman–Crippen LogP) is 3.18. The molecule has 1 aromatic carbocycles. The number of aromatic nitrogens is 3. The molecule has 2 aliphatic heterocycles. The summed E-state index contributed by atoms with van der Waals surface area (Å²) in [7, 11) is 1.66. The van der Waals surface area contributed by atoms with Gasteiger partial charge in [0.05, 0.1) is 37.6 Å². The summed E-state index contributed by atoms with van der Waals surface area (Å²) in [4.78, 5) is 22.8. The van der Waals surface area contributed by atoms with Gasteiger partial charge in [0.15, 0.2) is 0 Å². The molecule has 0 N–H and O–H groups in total. The zero-order valence-corrected chi connectivity index (χ0v) is 21.2. The number of nitrogens with zero attached hydrogens (tertiary/aromatic N) is 5. The maximum atomic E-state index is 13.5. The summed E-state index contributed by atoms with van der Waals surface area (Å²) >= 11 is 0. The minimum Gasteiger partial charge on any atom is -0.497 e. The molecule has 4 heterocycles. The van der Waals surface area contributed by atoms with Crippen LogP contribution >= 0.6 is 0 Å². The molecule has 9 nitrogen and oxygen atoms in total. The Balaban J connectivity index is 1.43. The third kappa shape index (κ3) is 5.79. The van der Waals surface area contributed by atoms with Gasteiger partial charge in [-0.05, 0) is 44.0 Å². The molecular weight excluding hydrogens is 458 g/mol. The maximum absolute atomic E-state index is 13.5. The van der Waals surface area contributed by atoms with Gasteiger partial charge in [-0.2, -0.15) is 5.10 Å². The van der Waals surface area contributed by atoms with E-state index in [1.807, 2.05) is 47.0 Å². The van der Waals surface area contributed by atoms with Gasteiger partial charge in [-0.3, -0.25) is 9.48 Å². The molecular formula is C27H35N5O4. The number of carbonyl (C=O) groups excluding carboxylic acids is 1. The highest BCUT2D eigenvalue weighted by Crippen LogP contribution is 2.29. The number of methoxy groups -OCH3 is 1. The van der Waals surface area contributed by atoms with E-state index in [-0.39, 0.29) is 12.0 Å². The lowest BCUT2D eigenvalue weighted by Crippen LogP contribution is -2.40. The highest BCUT2D eigenvalue weighted by atomic mass is 16.5. The van der Waals surface area contributed by atoms with Gasteiger partial charge in [-0.15, -0.1) is 0 Å². The lowest BCUT2D eigenvalue weighted by Gasteiger charge is -2.32. The van der Waals surface area contributed by atoms with Crippen LogP contribution < -0.4 is 9.64 Å². The number of benzene rings is 1. The number of hydrogen-bond acceptors (Lipinski definition) is 7. The van der Waals surface area contributed by atoms with Crippen molar-refractivity contribution in [1.82, 2.24) is 19.7 Å². The molecule has 5 rings (SSSR count). The second-order valence-corrected chi connectivity index (χ2v) is 9.51. The molecule has 0 unspecified atom stereocenters. The van der Waals surface area contributed by atoms with Gasteiger partial charge in [-0.25, -0.2) is 4.98 Å². The van der Waals surface area contributed by atoms with Crippen LogP contribution in [0.5, 0.6) is 5.75 Å². The minimum absolute atomic E-state index is 0.0745. The van der Waals surface area contributed by atoms with Gasteiger partial charge in [-0.1, -0.05) is 0 Å². The molecule has 0 saturated carbocycles. The summed E-state index contributed by atoms with van der Waals surface area (Å²) in [6, 6.07) is 10.1. The van der Waals surface area contributed by atoms with Crippen molar-refractivity contribution in [3.63, 3.8) is 0 Å². The summed E-state index contributed by atoms with van der Waals surface area (Å²) in [5, 5.41) is 5.46. The Kier molecular flexibility index (Phi) is 7.67. The third-order valence-corrected chi connectivity index (χ3v) is 6.88. The lowest BCUT2D eigenvalue weighted by molar-refractivity contribution is -0.133. The summed E-state index contributed by atoms with van der Waals surface area (Å²) in [6.07, 6.45) is 4.40. The van der Waals surface area contributed by atoms with Crippen LogP contribution in [0.1, 0.15) is 30.5 Å². The van der Waals surface area contributed by atoms with Crippen molar-refractivity contribution in [1.29, 1.82) is 0 Å². The van der Waals surface area contributed by atoms with E-state index in [9.17, 15) is 4.79 Å². The molecule has 192 valence electrons. The molecule has 1 amide bonds. The highest BCUT2D eigenvalue weighted by molar-refractivity contribution is 5.84. The summed E-state index contributed by atoms with van der Waals surface area (Å²) in [5.41, 5.74) is 2.87. The quantitative estimate of drug-likeness (QED) is 0.453. The average Bonchev–Trinajstić information content (AvgIpc) is 3.58. The number of fused-ring (bicyclic) bond motifs is 1. The van der Waals surface area contributed by atoms with E-state index in [4.69, 9.17) is 19.2 Å². The summed E-state index contributed by atoms with van der Waals surface area (Å²) < 4.78 is 18.8. The van der Waals surface area contributed by atoms with Crippen LogP contribution in [-0.2, 0) is 27.4 Å². The van der Waals surface area contributed by atoms with E-state index >= 15 is 0 Å². The zero-order valence-electron chi connectivity index (χ0n) is 21.2. The summed E-state index contributed by atoms with van der Waals surface area (Å²) in [5.74, 6) is 1.79. The first kappa shape index (κ1) is 24.5. The second-order valence-electron chi connectivity index (χ2n) is 9.51. The molecule has 36 heavy (non-hydrogen) atoms. The third-order valence-electron chi connectivity index (χ3n) is 6.88. The Bertz CT molecular complexity index is 1180. The largest absolute Gasteiger partial charge is 0.497 e. The van der Waals surface area contributed by atoms with Gasteiger partial charge in [0, 0.05) is 69.0 Å². The number of morpholine rings is 1. The Morgan fingerprint density at radius 2 is 2.06 bits per heavy atom. The van der Waals surface area contributed by atoms with E-state index in [0.717, 1.165) is 66.3 Å². The molecule has 0 radical (unpaired) electrons. The van der Waals surface area contributed by atoms with Gasteiger partial charge >= 0.3 is 0 Å². The molecule has 1 atom stereocenters. The van der Waals surface area contributed by atoms with E-state index in [0.29, 0.717) is 39.3 Å². The van der Waals surface area contributed by atoms with Crippen molar-refractivity contribution >= 4 is 22.6 Å². The van der Waals surface area contributed by atoms with Crippen LogP contribution in [0.25, 0.3) is 10.9 Å². The van der Waals surface area contributed by atoms with Gasteiger partial charge in [0.25, 0.3) is 0 Å². The normalized spacial score (nSPS) is 18.1. The Morgan fingerprint density at radius 1 is 1.19 bits per heavy atom. The zero-order chi connectivity index (χ0) is 24.9. The van der Waals surface area contributed by atoms with Crippen LogP contribution in [0.3, 0.4) is 0 Å². The van der Waals surface area contributed by atoms with Crippen molar-refractivity contribution in [2.75, 3.05) is 51.5 Å². The monoisotopic (exact) mass is 493 g/mol. The SMILES string of the molecule is COc1ccc2cc(CN(C[C@@H]3CCCO3)C(=O)CCn3ccc(C)n3)c(N3CCOCC3)nc2c1. The smallest absolute Gasteiger partial charge is 0.224 e. The molecule has 9 heteroatoms. The molecule has 2 fully saturated rings. The maximum Gasteiger partial charge on any atom is 0.224 e. The molecule has 2 saturated heterocycles. The molecule has 2 aliphatic rings. The van der Waals surface area contributed by atoms with Crippen LogP contribution in [0, 0.1) is 6.92 Å². The Morgan fingerprint density at radius 3 is 2.78 bits per heavy atom. The van der Waals surface area contributed by atoms with Gasteiger partial charge in [0.1, 0.15) is 11.6 Å². The van der Waals surface area contributed by atoms with Gasteiger partial charge in [0.2, 0.25) is 5.91 Å². The number of carbonyl (C=O) groups is 1. The van der Waals surface area contributed by atoms with Crippen LogP contribution in [0.4, 0.5) is 5.82 Å². The minimum atomic E-state index is 0.0745. The lowest BCUT2D eigenvalue weighted by atomic mass is 10.1. The molecule has 3 aromatic rings. The molecule has 0 aliphatic carbocycles. The van der Waals surface area contributed by atoms with Crippen molar-refractivity contribution < 1.29 is 19.0 Å². The van der Waals surface area contributed by atoms with E-state index in [1.165, 1.54) is 0 Å². The Hall–Kier alpha value is -3.17.